The van der Waals surface area contributed by atoms with E-state index < -0.39 is 0 Å². The molecule has 0 spiro atoms. The van der Waals surface area contributed by atoms with Gasteiger partial charge in [0.15, 0.2) is 5.96 Å². The number of guanidine groups is 1. The van der Waals surface area contributed by atoms with Gasteiger partial charge in [-0.3, -0.25) is 4.99 Å². The molecule has 0 saturated heterocycles. The summed E-state index contributed by atoms with van der Waals surface area (Å²) in [6.45, 7) is 4.91. The van der Waals surface area contributed by atoms with Crippen LogP contribution in [0.1, 0.15) is 12.5 Å². The molecule has 0 unspecified atom stereocenters. The lowest BCUT2D eigenvalue weighted by atomic mass is 10.2. The van der Waals surface area contributed by atoms with Crippen LogP contribution in [-0.2, 0) is 11.3 Å². The molecule has 19 heavy (non-hydrogen) atoms. The highest BCUT2D eigenvalue weighted by Gasteiger charge is 2.06. The summed E-state index contributed by atoms with van der Waals surface area (Å²) in [7, 11) is 3.77. The van der Waals surface area contributed by atoms with Gasteiger partial charge < -0.3 is 15.0 Å². The molecule has 0 aliphatic heterocycles. The van der Waals surface area contributed by atoms with Crippen molar-refractivity contribution in [2.45, 2.75) is 13.5 Å². The summed E-state index contributed by atoms with van der Waals surface area (Å²) in [6.07, 6.45) is 0. The number of aliphatic imine (C=N–C) groups is 1. The van der Waals surface area contributed by atoms with E-state index in [1.54, 1.807) is 7.05 Å². The van der Waals surface area contributed by atoms with Gasteiger partial charge in [-0.25, -0.2) is 0 Å². The molecule has 1 N–H and O–H groups in total. The van der Waals surface area contributed by atoms with Crippen LogP contribution in [-0.4, -0.2) is 44.7 Å². The van der Waals surface area contributed by atoms with Crippen LogP contribution in [0.3, 0.4) is 0 Å². The number of nitrogens with zero attached hydrogens (tertiary/aromatic N) is 2. The second-order valence-electron chi connectivity index (χ2n) is 4.16. The van der Waals surface area contributed by atoms with E-state index in [1.165, 1.54) is 0 Å². The second-order valence-corrected chi connectivity index (χ2v) is 4.59. The molecule has 5 heteroatoms. The van der Waals surface area contributed by atoms with Crippen molar-refractivity contribution in [3.8, 4) is 0 Å². The van der Waals surface area contributed by atoms with Crippen molar-refractivity contribution in [3.05, 3.63) is 34.9 Å². The maximum atomic E-state index is 5.98. The van der Waals surface area contributed by atoms with Crippen molar-refractivity contribution in [1.29, 1.82) is 0 Å². The van der Waals surface area contributed by atoms with Crippen LogP contribution in [0.4, 0.5) is 0 Å². The molecule has 0 saturated carbocycles. The van der Waals surface area contributed by atoms with Crippen molar-refractivity contribution >= 4 is 17.6 Å². The summed E-state index contributed by atoms with van der Waals surface area (Å²) in [5.41, 5.74) is 1.16. The van der Waals surface area contributed by atoms with E-state index in [9.17, 15) is 0 Å². The Bertz CT molecular complexity index is 409. The first kappa shape index (κ1) is 15.8. The molecule has 0 amide bonds. The van der Waals surface area contributed by atoms with Crippen LogP contribution in [0.2, 0.25) is 5.02 Å². The maximum absolute atomic E-state index is 5.98. The fourth-order valence-electron chi connectivity index (χ4n) is 1.75. The average molecular weight is 284 g/mol. The maximum Gasteiger partial charge on any atom is 0.193 e. The number of ether oxygens (including phenoxy) is 1. The summed E-state index contributed by atoms with van der Waals surface area (Å²) in [6, 6.07) is 7.85. The average Bonchev–Trinajstić information content (AvgIpc) is 2.38. The van der Waals surface area contributed by atoms with E-state index in [-0.39, 0.29) is 0 Å². The molecular formula is C14H22ClN3O. The van der Waals surface area contributed by atoms with Crippen molar-refractivity contribution < 1.29 is 4.74 Å². The molecule has 0 radical (unpaired) electrons. The summed E-state index contributed by atoms with van der Waals surface area (Å²) in [5.74, 6) is 0.847. The number of hydrogen-bond donors (Lipinski definition) is 1. The van der Waals surface area contributed by atoms with Gasteiger partial charge in [0, 0.05) is 38.8 Å². The highest BCUT2D eigenvalue weighted by atomic mass is 35.5. The fraction of sp³-hybridized carbons (Fsp3) is 0.500. The minimum Gasteiger partial charge on any atom is -0.380 e. The molecule has 106 valence electrons. The standard InChI is InChI=1S/C14H22ClN3O/c1-4-19-9-8-17-14(16-2)18(3)11-12-6-5-7-13(15)10-12/h5-7,10H,4,8-9,11H2,1-3H3,(H,16,17). The molecule has 0 aromatic heterocycles. The molecule has 1 rings (SSSR count). The van der Waals surface area contributed by atoms with Gasteiger partial charge >= 0.3 is 0 Å². The van der Waals surface area contributed by atoms with E-state index in [2.05, 4.69) is 21.3 Å². The lowest BCUT2D eigenvalue weighted by Crippen LogP contribution is -2.39. The smallest absolute Gasteiger partial charge is 0.193 e. The van der Waals surface area contributed by atoms with Crippen LogP contribution < -0.4 is 5.32 Å². The molecule has 0 aliphatic rings. The Balaban J connectivity index is 2.47. The minimum atomic E-state index is 0.681. The van der Waals surface area contributed by atoms with Gasteiger partial charge in [0.1, 0.15) is 0 Å². The van der Waals surface area contributed by atoms with Crippen LogP contribution in [0.25, 0.3) is 0 Å². The van der Waals surface area contributed by atoms with Gasteiger partial charge in [-0.2, -0.15) is 0 Å². The molecule has 0 aliphatic carbocycles. The number of nitrogens with one attached hydrogen (secondary N) is 1. The summed E-state index contributed by atoms with van der Waals surface area (Å²) >= 11 is 5.98. The van der Waals surface area contributed by atoms with Crippen LogP contribution in [0.15, 0.2) is 29.3 Å². The highest BCUT2D eigenvalue weighted by Crippen LogP contribution is 2.12. The monoisotopic (exact) mass is 283 g/mol. The SMILES string of the molecule is CCOCCNC(=NC)N(C)Cc1cccc(Cl)c1. The zero-order valence-corrected chi connectivity index (χ0v) is 12.6. The quantitative estimate of drug-likeness (QED) is 0.495. The molecule has 0 atom stereocenters. The number of halogens is 1. The van der Waals surface area contributed by atoms with Gasteiger partial charge in [-0.15, -0.1) is 0 Å². The topological polar surface area (TPSA) is 36.9 Å². The second kappa shape index (κ2) is 8.77. The third-order valence-corrected chi connectivity index (χ3v) is 2.85. The van der Waals surface area contributed by atoms with E-state index in [0.29, 0.717) is 6.61 Å². The fourth-order valence-corrected chi connectivity index (χ4v) is 1.96. The van der Waals surface area contributed by atoms with E-state index >= 15 is 0 Å². The Morgan fingerprint density at radius 1 is 1.47 bits per heavy atom. The first-order valence-corrected chi connectivity index (χ1v) is 6.79. The summed E-state index contributed by atoms with van der Waals surface area (Å²) in [5, 5.41) is 4.01. The predicted octanol–water partition coefficient (Wildman–Crippen LogP) is 2.38. The third-order valence-electron chi connectivity index (χ3n) is 2.62. The Morgan fingerprint density at radius 3 is 2.89 bits per heavy atom. The van der Waals surface area contributed by atoms with Crippen LogP contribution in [0.5, 0.6) is 0 Å². The van der Waals surface area contributed by atoms with Crippen LogP contribution in [0, 0.1) is 0 Å². The molecule has 0 heterocycles. The first-order chi connectivity index (χ1) is 9.17. The molecule has 0 bridgehead atoms. The van der Waals surface area contributed by atoms with Crippen LogP contribution >= 0.6 is 11.6 Å². The van der Waals surface area contributed by atoms with Gasteiger partial charge in [0.05, 0.1) is 6.61 Å². The van der Waals surface area contributed by atoms with Gasteiger partial charge in [-0.05, 0) is 24.6 Å². The normalized spacial score (nSPS) is 11.5. The van der Waals surface area contributed by atoms with Gasteiger partial charge in [0.2, 0.25) is 0 Å². The number of benzene rings is 1. The molecule has 1 aromatic rings. The van der Waals surface area contributed by atoms with Crippen molar-refractivity contribution in [3.63, 3.8) is 0 Å². The Morgan fingerprint density at radius 2 is 2.26 bits per heavy atom. The molecule has 4 nitrogen and oxygen atoms in total. The number of hydrogen-bond acceptors (Lipinski definition) is 2. The van der Waals surface area contributed by atoms with Crippen molar-refractivity contribution in [2.24, 2.45) is 4.99 Å². The van der Waals surface area contributed by atoms with Gasteiger partial charge in [0.25, 0.3) is 0 Å². The Labute approximate surface area is 120 Å². The molecule has 0 fully saturated rings. The van der Waals surface area contributed by atoms with E-state index in [4.69, 9.17) is 16.3 Å². The van der Waals surface area contributed by atoms with E-state index in [1.807, 2.05) is 32.2 Å². The highest BCUT2D eigenvalue weighted by molar-refractivity contribution is 6.30. The summed E-state index contributed by atoms with van der Waals surface area (Å²) < 4.78 is 5.29. The predicted molar refractivity (Wildman–Crippen MR) is 80.8 cm³/mol. The van der Waals surface area contributed by atoms with Gasteiger partial charge in [-0.1, -0.05) is 23.7 Å². The lowest BCUT2D eigenvalue weighted by Gasteiger charge is -2.22. The zero-order valence-electron chi connectivity index (χ0n) is 11.8. The first-order valence-electron chi connectivity index (χ1n) is 6.41. The van der Waals surface area contributed by atoms with Crippen molar-refractivity contribution in [1.82, 2.24) is 10.2 Å². The van der Waals surface area contributed by atoms with Crippen molar-refractivity contribution in [2.75, 3.05) is 33.9 Å². The largest absolute Gasteiger partial charge is 0.380 e. The zero-order chi connectivity index (χ0) is 14.1. The third kappa shape index (κ3) is 5.94. The molecule has 1 aromatic carbocycles. The number of rotatable bonds is 6. The Hall–Kier alpha value is -1.26. The lowest BCUT2D eigenvalue weighted by molar-refractivity contribution is 0.152. The summed E-state index contributed by atoms with van der Waals surface area (Å²) in [4.78, 5) is 6.30. The Kier molecular flexibility index (Phi) is 7.30. The van der Waals surface area contributed by atoms with E-state index in [0.717, 1.165) is 36.2 Å². The minimum absolute atomic E-state index is 0.681. The molecular weight excluding hydrogens is 262 g/mol.